The number of aromatic carboxylic acids is 1. The van der Waals surface area contributed by atoms with E-state index in [2.05, 4.69) is 15.3 Å². The number of ether oxygens (including phenoxy) is 2. The van der Waals surface area contributed by atoms with Crippen molar-refractivity contribution < 1.29 is 32.5 Å². The summed E-state index contributed by atoms with van der Waals surface area (Å²) in [5.41, 5.74) is -0.595. The van der Waals surface area contributed by atoms with Crippen molar-refractivity contribution in [3.8, 4) is 11.5 Å². The van der Waals surface area contributed by atoms with Crippen molar-refractivity contribution in [3.63, 3.8) is 0 Å². The van der Waals surface area contributed by atoms with Crippen LogP contribution in [0.4, 0.5) is 19.0 Å². The molecular weight excluding hydrogens is 391 g/mol. The number of nitrogens with zero attached hydrogens (tertiary/aromatic N) is 2. The lowest BCUT2D eigenvalue weighted by Gasteiger charge is -2.13. The van der Waals surface area contributed by atoms with Crippen LogP contribution >= 0.6 is 0 Å². The number of aromatic nitrogens is 2. The molecular formula is C19H16F3N3O4. The summed E-state index contributed by atoms with van der Waals surface area (Å²) in [6.45, 7) is 0.139. The van der Waals surface area contributed by atoms with E-state index in [0.29, 0.717) is 17.1 Å². The molecule has 0 aliphatic heterocycles. The highest BCUT2D eigenvalue weighted by molar-refractivity contribution is 5.94. The third-order valence-corrected chi connectivity index (χ3v) is 4.10. The Balaban J connectivity index is 1.96. The van der Waals surface area contributed by atoms with Crippen molar-refractivity contribution in [3.05, 3.63) is 53.2 Å². The van der Waals surface area contributed by atoms with Crippen LogP contribution in [0.15, 0.2) is 36.4 Å². The Kier molecular flexibility index (Phi) is 5.44. The lowest BCUT2D eigenvalue weighted by Crippen LogP contribution is -2.12. The monoisotopic (exact) mass is 407 g/mol. The van der Waals surface area contributed by atoms with Crippen LogP contribution in [0.25, 0.3) is 11.0 Å². The van der Waals surface area contributed by atoms with Gasteiger partial charge in [0.05, 0.1) is 30.8 Å². The molecule has 0 amide bonds. The molecule has 2 N–H and O–H groups in total. The Bertz CT molecular complexity index is 1070. The lowest BCUT2D eigenvalue weighted by atomic mass is 10.1. The van der Waals surface area contributed by atoms with E-state index >= 15 is 0 Å². The lowest BCUT2D eigenvalue weighted by molar-refractivity contribution is -0.137. The standard InChI is InChI=1S/C19H16F3N3O4/c1-28-14-6-3-10(7-15(14)29-2)9-23-17-16(18(26)27)24-12-5-4-11(19(20,21)22)8-13(12)25-17/h3-8H,9H2,1-2H3,(H,23,25)(H,26,27). The number of rotatable bonds is 6. The Labute approximate surface area is 163 Å². The molecule has 0 aliphatic rings. The Morgan fingerprint density at radius 2 is 1.76 bits per heavy atom. The minimum absolute atomic E-state index is 0.0482. The van der Waals surface area contributed by atoms with Gasteiger partial charge in [-0.05, 0) is 35.9 Å². The maximum Gasteiger partial charge on any atom is 0.416 e. The molecule has 0 atom stereocenters. The summed E-state index contributed by atoms with van der Waals surface area (Å²) in [4.78, 5) is 19.5. The second-order valence-electron chi connectivity index (χ2n) is 5.97. The van der Waals surface area contributed by atoms with E-state index in [-0.39, 0.29) is 23.4 Å². The summed E-state index contributed by atoms with van der Waals surface area (Å²) < 4.78 is 49.2. The summed E-state index contributed by atoms with van der Waals surface area (Å²) in [5.74, 6) is -0.495. The molecule has 2 aromatic carbocycles. The molecule has 0 aliphatic carbocycles. The number of methoxy groups -OCH3 is 2. The summed E-state index contributed by atoms with van der Waals surface area (Å²) >= 11 is 0. The molecule has 1 aromatic heterocycles. The molecule has 10 heteroatoms. The highest BCUT2D eigenvalue weighted by Gasteiger charge is 2.31. The predicted octanol–water partition coefficient (Wildman–Crippen LogP) is 3.98. The summed E-state index contributed by atoms with van der Waals surface area (Å²) in [5, 5.41) is 12.2. The molecule has 0 bridgehead atoms. The Morgan fingerprint density at radius 1 is 1.03 bits per heavy atom. The van der Waals surface area contributed by atoms with Crippen LogP contribution in [0.3, 0.4) is 0 Å². The van der Waals surface area contributed by atoms with Gasteiger partial charge in [-0.2, -0.15) is 13.2 Å². The van der Waals surface area contributed by atoms with Crippen LogP contribution in [-0.4, -0.2) is 35.3 Å². The van der Waals surface area contributed by atoms with Crippen LogP contribution in [-0.2, 0) is 12.7 Å². The molecule has 3 rings (SSSR count). The van der Waals surface area contributed by atoms with Crippen LogP contribution in [0.1, 0.15) is 21.6 Å². The summed E-state index contributed by atoms with van der Waals surface area (Å²) in [7, 11) is 2.97. The van der Waals surface area contributed by atoms with Crippen molar-refractivity contribution in [2.75, 3.05) is 19.5 Å². The number of hydrogen-bond donors (Lipinski definition) is 2. The number of nitrogens with one attached hydrogen (secondary N) is 1. The van der Waals surface area contributed by atoms with Gasteiger partial charge in [0.2, 0.25) is 0 Å². The Hall–Kier alpha value is -3.56. The van der Waals surface area contributed by atoms with Crippen molar-refractivity contribution in [2.24, 2.45) is 0 Å². The minimum atomic E-state index is -4.55. The van der Waals surface area contributed by atoms with Gasteiger partial charge in [0.1, 0.15) is 0 Å². The number of benzene rings is 2. The molecule has 0 fully saturated rings. The van der Waals surface area contributed by atoms with E-state index in [1.54, 1.807) is 18.2 Å². The van der Waals surface area contributed by atoms with Crippen molar-refractivity contribution in [1.82, 2.24) is 9.97 Å². The minimum Gasteiger partial charge on any atom is -0.493 e. The highest BCUT2D eigenvalue weighted by Crippen LogP contribution is 2.31. The zero-order chi connectivity index (χ0) is 21.2. The SMILES string of the molecule is COc1ccc(CNc2nc3cc(C(F)(F)F)ccc3nc2C(=O)O)cc1OC. The van der Waals surface area contributed by atoms with Gasteiger partial charge in [0, 0.05) is 6.54 Å². The van der Waals surface area contributed by atoms with E-state index in [0.717, 1.165) is 18.2 Å². The van der Waals surface area contributed by atoms with Crippen LogP contribution in [0.5, 0.6) is 11.5 Å². The zero-order valence-electron chi connectivity index (χ0n) is 15.4. The van der Waals surface area contributed by atoms with Gasteiger partial charge < -0.3 is 19.9 Å². The molecule has 0 radical (unpaired) electrons. The molecule has 1 heterocycles. The molecule has 7 nitrogen and oxygen atoms in total. The fourth-order valence-electron chi connectivity index (χ4n) is 2.68. The first-order chi connectivity index (χ1) is 13.7. The maximum atomic E-state index is 12.9. The average molecular weight is 407 g/mol. The van der Waals surface area contributed by atoms with E-state index in [4.69, 9.17) is 9.47 Å². The van der Waals surface area contributed by atoms with Gasteiger partial charge in [-0.3, -0.25) is 0 Å². The number of carbonyl (C=O) groups is 1. The molecule has 0 unspecified atom stereocenters. The first-order valence-electron chi connectivity index (χ1n) is 8.30. The zero-order valence-corrected chi connectivity index (χ0v) is 15.4. The first kappa shape index (κ1) is 20.2. The Morgan fingerprint density at radius 3 is 2.38 bits per heavy atom. The van der Waals surface area contributed by atoms with E-state index in [1.165, 1.54) is 14.2 Å². The highest BCUT2D eigenvalue weighted by atomic mass is 19.4. The maximum absolute atomic E-state index is 12.9. The van der Waals surface area contributed by atoms with Gasteiger partial charge in [-0.15, -0.1) is 0 Å². The number of carboxylic acids is 1. The molecule has 152 valence electrons. The third-order valence-electron chi connectivity index (χ3n) is 4.10. The second-order valence-corrected chi connectivity index (χ2v) is 5.97. The first-order valence-corrected chi connectivity index (χ1v) is 8.30. The van der Waals surface area contributed by atoms with Crippen molar-refractivity contribution in [1.29, 1.82) is 0 Å². The van der Waals surface area contributed by atoms with Crippen LogP contribution < -0.4 is 14.8 Å². The average Bonchev–Trinajstić information content (AvgIpc) is 2.69. The summed E-state index contributed by atoms with van der Waals surface area (Å²) in [6.07, 6.45) is -4.55. The molecule has 29 heavy (non-hydrogen) atoms. The van der Waals surface area contributed by atoms with Crippen molar-refractivity contribution in [2.45, 2.75) is 12.7 Å². The third kappa shape index (κ3) is 4.31. The smallest absolute Gasteiger partial charge is 0.416 e. The number of halogens is 3. The van der Waals surface area contributed by atoms with E-state index in [1.807, 2.05) is 0 Å². The summed E-state index contributed by atoms with van der Waals surface area (Å²) in [6, 6.07) is 7.84. The molecule has 0 saturated carbocycles. The van der Waals surface area contributed by atoms with Gasteiger partial charge in [-0.1, -0.05) is 6.07 Å². The number of fused-ring (bicyclic) bond motifs is 1. The molecule has 0 saturated heterocycles. The van der Waals surface area contributed by atoms with Gasteiger partial charge in [0.15, 0.2) is 23.0 Å². The second kappa shape index (κ2) is 7.82. The van der Waals surface area contributed by atoms with E-state index < -0.39 is 23.4 Å². The van der Waals surface area contributed by atoms with E-state index in [9.17, 15) is 23.1 Å². The van der Waals surface area contributed by atoms with Gasteiger partial charge in [0.25, 0.3) is 0 Å². The van der Waals surface area contributed by atoms with Gasteiger partial charge in [-0.25, -0.2) is 14.8 Å². The predicted molar refractivity (Wildman–Crippen MR) is 98.4 cm³/mol. The fraction of sp³-hybridized carbons (Fsp3) is 0.211. The van der Waals surface area contributed by atoms with Crippen LogP contribution in [0, 0.1) is 0 Å². The van der Waals surface area contributed by atoms with Crippen LogP contribution in [0.2, 0.25) is 0 Å². The quantitative estimate of drug-likeness (QED) is 0.638. The number of hydrogen-bond acceptors (Lipinski definition) is 6. The topological polar surface area (TPSA) is 93.6 Å². The number of carboxylic acid groups (broad SMARTS) is 1. The fourth-order valence-corrected chi connectivity index (χ4v) is 2.68. The molecule has 0 spiro atoms. The molecule has 3 aromatic rings. The normalized spacial score (nSPS) is 11.3. The largest absolute Gasteiger partial charge is 0.493 e. The number of anilines is 1. The van der Waals surface area contributed by atoms with Crippen molar-refractivity contribution >= 4 is 22.8 Å². The number of alkyl halides is 3. The van der Waals surface area contributed by atoms with Gasteiger partial charge >= 0.3 is 12.1 Å².